The Morgan fingerprint density at radius 3 is 2.29 bits per heavy atom. The Bertz CT molecular complexity index is 691. The van der Waals surface area contributed by atoms with Gasteiger partial charge in [-0.1, -0.05) is 48.0 Å². The molecule has 0 atom stereocenters. The molecule has 0 N–H and O–H groups in total. The number of hydrogen-bond acceptors (Lipinski definition) is 2. The summed E-state index contributed by atoms with van der Waals surface area (Å²) in [6.07, 6.45) is 2.29. The molecule has 0 fully saturated rings. The molecule has 2 rings (SSSR count). The summed E-state index contributed by atoms with van der Waals surface area (Å²) in [5.41, 5.74) is 2.52. The molecule has 0 saturated carbocycles. The third-order valence-corrected chi connectivity index (χ3v) is 5.09. The third kappa shape index (κ3) is 5.47. The zero-order valence-corrected chi connectivity index (χ0v) is 17.5. The predicted octanol–water partition coefficient (Wildman–Crippen LogP) is 6.75. The van der Waals surface area contributed by atoms with Crippen LogP contribution in [0.3, 0.4) is 0 Å². The van der Waals surface area contributed by atoms with Gasteiger partial charge in [0.1, 0.15) is 11.5 Å². The quantitative estimate of drug-likeness (QED) is 0.460. The molecule has 0 aromatic heterocycles. The lowest BCUT2D eigenvalue weighted by Crippen LogP contribution is -2.22. The predicted molar refractivity (Wildman–Crippen MR) is 110 cm³/mol. The van der Waals surface area contributed by atoms with Gasteiger partial charge >= 0.3 is 0 Å². The maximum absolute atomic E-state index is 5.94. The van der Waals surface area contributed by atoms with Crippen LogP contribution in [0.25, 0.3) is 5.57 Å². The van der Waals surface area contributed by atoms with Gasteiger partial charge in [0.25, 0.3) is 0 Å². The van der Waals surface area contributed by atoms with Crippen molar-refractivity contribution in [2.45, 2.75) is 20.8 Å². The Hall–Kier alpha value is -1.10. The number of benzene rings is 2. The van der Waals surface area contributed by atoms with E-state index in [-0.39, 0.29) is 0 Å². The molecule has 2 nitrogen and oxygen atoms in total. The molecule has 0 amide bonds. The van der Waals surface area contributed by atoms with Crippen LogP contribution in [0.15, 0.2) is 57.5 Å². The highest BCUT2D eigenvalue weighted by atomic mass is 79.9. The molecule has 0 aliphatic carbocycles. The lowest BCUT2D eigenvalue weighted by Gasteiger charge is -2.16. The van der Waals surface area contributed by atoms with Gasteiger partial charge in [0, 0.05) is 11.0 Å². The van der Waals surface area contributed by atoms with Crippen LogP contribution in [0.4, 0.5) is 0 Å². The number of hydrogen-bond donors (Lipinski definition) is 0. The van der Waals surface area contributed by atoms with Crippen molar-refractivity contribution >= 4 is 37.4 Å². The molecule has 0 aliphatic heterocycles. The summed E-state index contributed by atoms with van der Waals surface area (Å²) in [6.45, 7) is 9.69. The molecule has 0 saturated heterocycles. The van der Waals surface area contributed by atoms with Gasteiger partial charge in [0.2, 0.25) is 0 Å². The average molecular weight is 453 g/mol. The molecular weight excluding hydrogens is 430 g/mol. The number of likely N-dealkylation sites (N-methyl/N-ethyl adjacent to an activating group) is 1. The van der Waals surface area contributed by atoms with Crippen LogP contribution in [0.2, 0.25) is 0 Å². The van der Waals surface area contributed by atoms with Crippen molar-refractivity contribution in [2.24, 2.45) is 0 Å². The van der Waals surface area contributed by atoms with E-state index in [1.165, 1.54) is 11.1 Å². The lowest BCUT2D eigenvalue weighted by atomic mass is 10.1. The largest absolute Gasteiger partial charge is 0.456 e. The summed E-state index contributed by atoms with van der Waals surface area (Å²) in [4.78, 5) is 2.39. The van der Waals surface area contributed by atoms with E-state index in [1.54, 1.807) is 0 Å². The van der Waals surface area contributed by atoms with Crippen molar-refractivity contribution in [1.82, 2.24) is 4.90 Å². The van der Waals surface area contributed by atoms with E-state index >= 15 is 0 Å². The number of halogens is 2. The lowest BCUT2D eigenvalue weighted by molar-refractivity contribution is 0.337. The number of allylic oxidation sites excluding steroid dienone is 1. The second kappa shape index (κ2) is 9.40. The maximum Gasteiger partial charge on any atom is 0.141 e. The smallest absolute Gasteiger partial charge is 0.141 e. The van der Waals surface area contributed by atoms with E-state index < -0.39 is 0 Å². The maximum atomic E-state index is 5.94. The van der Waals surface area contributed by atoms with E-state index in [9.17, 15) is 0 Å². The van der Waals surface area contributed by atoms with Crippen LogP contribution in [0.5, 0.6) is 11.5 Å². The molecule has 2 aromatic carbocycles. The van der Waals surface area contributed by atoms with Gasteiger partial charge in [-0.2, -0.15) is 0 Å². The third-order valence-electron chi connectivity index (χ3n) is 3.98. The van der Waals surface area contributed by atoms with Crippen molar-refractivity contribution in [3.05, 3.63) is 63.0 Å². The molecular formula is C20H23Br2NO. The second-order valence-electron chi connectivity index (χ2n) is 5.57. The van der Waals surface area contributed by atoms with Crippen LogP contribution in [0.1, 0.15) is 26.3 Å². The minimum absolute atomic E-state index is 0.805. The highest BCUT2D eigenvalue weighted by Gasteiger charge is 2.04. The number of rotatable bonds is 7. The van der Waals surface area contributed by atoms with Crippen molar-refractivity contribution < 1.29 is 4.74 Å². The first-order valence-corrected chi connectivity index (χ1v) is 9.74. The summed E-state index contributed by atoms with van der Waals surface area (Å²) < 4.78 is 7.88. The van der Waals surface area contributed by atoms with Gasteiger partial charge in [0.05, 0.1) is 4.47 Å². The summed E-state index contributed by atoms with van der Waals surface area (Å²) in [5.74, 6) is 1.64. The van der Waals surface area contributed by atoms with Crippen LogP contribution in [-0.2, 0) is 0 Å². The molecule has 4 heteroatoms. The van der Waals surface area contributed by atoms with E-state index in [4.69, 9.17) is 4.74 Å². The fourth-order valence-electron chi connectivity index (χ4n) is 2.34. The van der Waals surface area contributed by atoms with Gasteiger partial charge in [-0.25, -0.2) is 0 Å². The minimum Gasteiger partial charge on any atom is -0.456 e. The zero-order chi connectivity index (χ0) is 17.5. The SMILES string of the molecule is CCN(CC)CC=C(C)c1ccc(Oc2ccc(Br)cc2Br)cc1. The van der Waals surface area contributed by atoms with Crippen LogP contribution in [0, 0.1) is 0 Å². The first kappa shape index (κ1) is 19.2. The van der Waals surface area contributed by atoms with E-state index in [0.717, 1.165) is 40.1 Å². The van der Waals surface area contributed by atoms with Gasteiger partial charge in [0.15, 0.2) is 0 Å². The average Bonchev–Trinajstić information content (AvgIpc) is 2.59. The zero-order valence-electron chi connectivity index (χ0n) is 14.4. The van der Waals surface area contributed by atoms with Gasteiger partial charge in [-0.3, -0.25) is 0 Å². The monoisotopic (exact) mass is 451 g/mol. The number of ether oxygens (including phenoxy) is 1. The molecule has 0 heterocycles. The van der Waals surface area contributed by atoms with Crippen LogP contribution >= 0.6 is 31.9 Å². The molecule has 0 bridgehead atoms. The number of nitrogens with zero attached hydrogens (tertiary/aromatic N) is 1. The molecule has 0 unspecified atom stereocenters. The normalized spacial score (nSPS) is 11.8. The highest BCUT2D eigenvalue weighted by molar-refractivity contribution is 9.11. The Kier molecular flexibility index (Phi) is 7.53. The Labute approximate surface area is 161 Å². The molecule has 24 heavy (non-hydrogen) atoms. The summed E-state index contributed by atoms with van der Waals surface area (Å²) >= 11 is 6.97. The molecule has 128 valence electrons. The van der Waals surface area contributed by atoms with Crippen LogP contribution in [-0.4, -0.2) is 24.5 Å². The van der Waals surface area contributed by atoms with Gasteiger partial charge in [-0.15, -0.1) is 0 Å². The molecule has 0 aliphatic rings. The van der Waals surface area contributed by atoms with Crippen molar-refractivity contribution in [3.8, 4) is 11.5 Å². The first-order chi connectivity index (χ1) is 11.5. The summed E-state index contributed by atoms with van der Waals surface area (Å²) in [7, 11) is 0. The second-order valence-corrected chi connectivity index (χ2v) is 7.34. The van der Waals surface area contributed by atoms with E-state index in [2.05, 4.69) is 75.7 Å². The van der Waals surface area contributed by atoms with Crippen LogP contribution < -0.4 is 4.74 Å². The van der Waals surface area contributed by atoms with Gasteiger partial charge in [-0.05, 0) is 77.4 Å². The molecule has 0 spiro atoms. The Morgan fingerprint density at radius 2 is 1.71 bits per heavy atom. The molecule has 2 aromatic rings. The van der Waals surface area contributed by atoms with Crippen molar-refractivity contribution in [3.63, 3.8) is 0 Å². The van der Waals surface area contributed by atoms with E-state index in [1.807, 2.05) is 30.3 Å². The van der Waals surface area contributed by atoms with Gasteiger partial charge < -0.3 is 9.64 Å². The fraction of sp³-hybridized carbons (Fsp3) is 0.300. The minimum atomic E-state index is 0.805. The Morgan fingerprint density at radius 1 is 1.04 bits per heavy atom. The Balaban J connectivity index is 2.05. The summed E-state index contributed by atoms with van der Waals surface area (Å²) in [6, 6.07) is 14.1. The molecule has 0 radical (unpaired) electrons. The first-order valence-electron chi connectivity index (χ1n) is 8.16. The highest BCUT2D eigenvalue weighted by Crippen LogP contribution is 2.32. The topological polar surface area (TPSA) is 12.5 Å². The summed E-state index contributed by atoms with van der Waals surface area (Å²) in [5, 5.41) is 0. The van der Waals surface area contributed by atoms with E-state index in [0.29, 0.717) is 0 Å². The standard InChI is InChI=1S/C20H23Br2NO/c1-4-23(5-2)13-12-15(3)16-6-9-18(10-7-16)24-20-11-8-17(21)14-19(20)22/h6-12,14H,4-5,13H2,1-3H3. The van der Waals surface area contributed by atoms with Crippen molar-refractivity contribution in [1.29, 1.82) is 0 Å². The van der Waals surface area contributed by atoms with Crippen molar-refractivity contribution in [2.75, 3.05) is 19.6 Å². The fourth-order valence-corrected chi connectivity index (χ4v) is 3.46.